The van der Waals surface area contributed by atoms with Crippen LogP contribution in [0, 0.1) is 39.4 Å². The molecule has 1 aromatic rings. The van der Waals surface area contributed by atoms with Crippen molar-refractivity contribution in [1.29, 1.82) is 15.8 Å². The SMILES string of the molecule is CC1=NC(C)(c2ccccc2Cl)C(C#N)(C#N)C(N)=C1C#N. The number of allylic oxidation sites excluding steroid dienone is 1. The summed E-state index contributed by atoms with van der Waals surface area (Å²) >= 11 is 6.24. The second kappa shape index (κ2) is 5.19. The van der Waals surface area contributed by atoms with E-state index in [1.165, 1.54) is 0 Å². The van der Waals surface area contributed by atoms with Gasteiger partial charge in [-0.15, -0.1) is 0 Å². The molecule has 0 radical (unpaired) electrons. The van der Waals surface area contributed by atoms with Gasteiger partial charge in [-0.05, 0) is 19.9 Å². The fraction of sp³-hybridized carbons (Fsp3) is 0.250. The molecule has 1 atom stereocenters. The van der Waals surface area contributed by atoms with E-state index >= 15 is 0 Å². The number of nitriles is 3. The monoisotopic (exact) mass is 309 g/mol. The summed E-state index contributed by atoms with van der Waals surface area (Å²) in [5.41, 5.74) is 3.79. The van der Waals surface area contributed by atoms with Crippen molar-refractivity contribution >= 4 is 17.3 Å². The maximum Gasteiger partial charge on any atom is 0.212 e. The van der Waals surface area contributed by atoms with E-state index in [4.69, 9.17) is 17.3 Å². The summed E-state index contributed by atoms with van der Waals surface area (Å²) in [4.78, 5) is 4.47. The Morgan fingerprint density at radius 1 is 1.18 bits per heavy atom. The maximum atomic E-state index is 9.69. The van der Waals surface area contributed by atoms with E-state index in [-0.39, 0.29) is 11.3 Å². The standard InChI is InChI=1S/C16H12ClN5/c1-10-11(7-18)14(21)16(8-19,9-20)15(2,22-10)12-5-3-4-6-13(12)17/h3-6H,21H2,1-2H3. The van der Waals surface area contributed by atoms with Gasteiger partial charge in [0.1, 0.15) is 11.6 Å². The molecule has 2 N–H and O–H groups in total. The molecule has 0 saturated carbocycles. The number of halogens is 1. The highest BCUT2D eigenvalue weighted by molar-refractivity contribution is 6.31. The lowest BCUT2D eigenvalue weighted by Crippen LogP contribution is -2.48. The molecule has 108 valence electrons. The van der Waals surface area contributed by atoms with Crippen molar-refractivity contribution in [2.45, 2.75) is 19.4 Å². The first-order valence-electron chi connectivity index (χ1n) is 6.42. The molecule has 1 aliphatic rings. The molecule has 0 bridgehead atoms. The summed E-state index contributed by atoms with van der Waals surface area (Å²) in [6, 6.07) is 12.7. The van der Waals surface area contributed by atoms with Gasteiger partial charge in [0.25, 0.3) is 0 Å². The van der Waals surface area contributed by atoms with E-state index in [0.717, 1.165) is 0 Å². The third-order valence-electron chi connectivity index (χ3n) is 4.00. The van der Waals surface area contributed by atoms with Crippen molar-refractivity contribution < 1.29 is 0 Å². The largest absolute Gasteiger partial charge is 0.399 e. The normalized spacial score (nSPS) is 23.0. The van der Waals surface area contributed by atoms with Crippen molar-refractivity contribution in [2.75, 3.05) is 0 Å². The Morgan fingerprint density at radius 2 is 1.77 bits per heavy atom. The highest BCUT2D eigenvalue weighted by Crippen LogP contribution is 2.51. The van der Waals surface area contributed by atoms with Crippen LogP contribution >= 0.6 is 11.6 Å². The number of benzene rings is 1. The lowest BCUT2D eigenvalue weighted by Gasteiger charge is -2.41. The van der Waals surface area contributed by atoms with Crippen molar-refractivity contribution in [2.24, 2.45) is 16.1 Å². The Balaban J connectivity index is 2.91. The second-order valence-electron chi connectivity index (χ2n) is 5.12. The van der Waals surface area contributed by atoms with Gasteiger partial charge in [-0.3, -0.25) is 4.99 Å². The van der Waals surface area contributed by atoms with Gasteiger partial charge in [0.2, 0.25) is 5.41 Å². The van der Waals surface area contributed by atoms with Crippen LogP contribution in [0.2, 0.25) is 5.02 Å². The fourth-order valence-electron chi connectivity index (χ4n) is 2.74. The van der Waals surface area contributed by atoms with E-state index in [9.17, 15) is 15.8 Å². The molecule has 6 heteroatoms. The maximum absolute atomic E-state index is 9.69. The van der Waals surface area contributed by atoms with Gasteiger partial charge in [0.15, 0.2) is 0 Å². The zero-order chi connectivity index (χ0) is 16.5. The Morgan fingerprint density at radius 3 is 2.27 bits per heavy atom. The smallest absolute Gasteiger partial charge is 0.212 e. The molecule has 0 aliphatic carbocycles. The number of dihydropyridines is 1. The van der Waals surface area contributed by atoms with Gasteiger partial charge in [-0.2, -0.15) is 15.8 Å². The molecule has 0 spiro atoms. The highest BCUT2D eigenvalue weighted by Gasteiger charge is 2.57. The van der Waals surface area contributed by atoms with Crippen LogP contribution in [-0.2, 0) is 5.54 Å². The Hall–Kier alpha value is -2.81. The van der Waals surface area contributed by atoms with Crippen LogP contribution in [0.15, 0.2) is 40.5 Å². The van der Waals surface area contributed by atoms with Crippen LogP contribution in [0.4, 0.5) is 0 Å². The average molecular weight is 310 g/mol. The summed E-state index contributed by atoms with van der Waals surface area (Å²) in [5.74, 6) is 0. The molecule has 0 aromatic heterocycles. The first-order chi connectivity index (χ1) is 10.4. The molecule has 0 saturated heterocycles. The third kappa shape index (κ3) is 1.79. The van der Waals surface area contributed by atoms with Crippen molar-refractivity contribution in [3.63, 3.8) is 0 Å². The lowest BCUT2D eigenvalue weighted by atomic mass is 9.64. The van der Waals surface area contributed by atoms with E-state index in [0.29, 0.717) is 16.3 Å². The topological polar surface area (TPSA) is 110 Å². The molecule has 22 heavy (non-hydrogen) atoms. The number of hydrogen-bond acceptors (Lipinski definition) is 5. The van der Waals surface area contributed by atoms with Gasteiger partial charge in [0, 0.05) is 10.6 Å². The van der Waals surface area contributed by atoms with Crippen molar-refractivity contribution in [3.8, 4) is 18.2 Å². The van der Waals surface area contributed by atoms with Crippen LogP contribution < -0.4 is 5.73 Å². The number of nitrogens with zero attached hydrogens (tertiary/aromatic N) is 4. The molecule has 5 nitrogen and oxygen atoms in total. The number of aliphatic imine (C=N–C) groups is 1. The Labute approximate surface area is 133 Å². The first-order valence-corrected chi connectivity index (χ1v) is 6.80. The molecule has 0 fully saturated rings. The minimum Gasteiger partial charge on any atom is -0.399 e. The Bertz CT molecular complexity index is 817. The fourth-order valence-corrected chi connectivity index (χ4v) is 3.06. The molecule has 1 heterocycles. The highest BCUT2D eigenvalue weighted by atomic mass is 35.5. The molecular formula is C16H12ClN5. The average Bonchev–Trinajstić information content (AvgIpc) is 2.49. The summed E-state index contributed by atoms with van der Waals surface area (Å²) < 4.78 is 0. The summed E-state index contributed by atoms with van der Waals surface area (Å²) in [6.07, 6.45) is 0. The second-order valence-corrected chi connectivity index (χ2v) is 5.53. The van der Waals surface area contributed by atoms with Gasteiger partial charge in [-0.1, -0.05) is 29.8 Å². The third-order valence-corrected chi connectivity index (χ3v) is 4.33. The number of rotatable bonds is 1. The van der Waals surface area contributed by atoms with Gasteiger partial charge < -0.3 is 5.73 Å². The van der Waals surface area contributed by atoms with Crippen LogP contribution in [0.3, 0.4) is 0 Å². The minimum atomic E-state index is -1.80. The van der Waals surface area contributed by atoms with E-state index in [1.54, 1.807) is 38.1 Å². The van der Waals surface area contributed by atoms with Gasteiger partial charge in [0.05, 0.1) is 29.1 Å². The van der Waals surface area contributed by atoms with Crippen molar-refractivity contribution in [1.82, 2.24) is 0 Å². The molecular weight excluding hydrogens is 298 g/mol. The van der Waals surface area contributed by atoms with Gasteiger partial charge in [-0.25, -0.2) is 0 Å². The quantitative estimate of drug-likeness (QED) is 0.859. The van der Waals surface area contributed by atoms with E-state index < -0.39 is 11.0 Å². The number of hydrogen-bond donors (Lipinski definition) is 1. The number of nitrogens with two attached hydrogens (primary N) is 1. The summed E-state index contributed by atoms with van der Waals surface area (Å²) in [5, 5.41) is 29.0. The van der Waals surface area contributed by atoms with E-state index in [1.807, 2.05) is 18.2 Å². The van der Waals surface area contributed by atoms with Crippen LogP contribution in [-0.4, -0.2) is 5.71 Å². The van der Waals surface area contributed by atoms with Crippen LogP contribution in [0.1, 0.15) is 19.4 Å². The zero-order valence-electron chi connectivity index (χ0n) is 12.1. The van der Waals surface area contributed by atoms with Gasteiger partial charge >= 0.3 is 0 Å². The first kappa shape index (κ1) is 15.6. The molecule has 1 unspecified atom stereocenters. The lowest BCUT2D eigenvalue weighted by molar-refractivity contribution is 0.324. The van der Waals surface area contributed by atoms with Crippen LogP contribution in [0.5, 0.6) is 0 Å². The predicted molar refractivity (Wildman–Crippen MR) is 82.4 cm³/mol. The molecule has 1 aromatic carbocycles. The molecule has 0 amide bonds. The summed E-state index contributed by atoms with van der Waals surface area (Å²) in [6.45, 7) is 3.25. The predicted octanol–water partition coefficient (Wildman–Crippen LogP) is 2.80. The summed E-state index contributed by atoms with van der Waals surface area (Å²) in [7, 11) is 0. The minimum absolute atomic E-state index is 0.0626. The van der Waals surface area contributed by atoms with Crippen molar-refractivity contribution in [3.05, 3.63) is 46.1 Å². The zero-order valence-corrected chi connectivity index (χ0v) is 12.8. The van der Waals surface area contributed by atoms with Crippen LogP contribution in [0.25, 0.3) is 0 Å². The Kier molecular flexibility index (Phi) is 3.67. The molecule has 2 rings (SSSR count). The molecule has 1 aliphatic heterocycles. The van der Waals surface area contributed by atoms with E-state index in [2.05, 4.69) is 4.99 Å².